The van der Waals surface area contributed by atoms with Crippen molar-refractivity contribution in [3.63, 3.8) is 0 Å². The summed E-state index contributed by atoms with van der Waals surface area (Å²) in [6.07, 6.45) is 0. The quantitative estimate of drug-likeness (QED) is 0.451. The second-order valence-corrected chi connectivity index (χ2v) is 11.5. The van der Waals surface area contributed by atoms with Gasteiger partial charge in [-0.2, -0.15) is 4.31 Å². The van der Waals surface area contributed by atoms with E-state index < -0.39 is 26.0 Å². The molecule has 2 aromatic rings. The van der Waals surface area contributed by atoms with E-state index in [0.717, 1.165) is 5.56 Å². The van der Waals surface area contributed by atoms with Crippen molar-refractivity contribution in [3.8, 4) is 5.75 Å². The number of hydrogen-bond donors (Lipinski definition) is 2. The zero-order valence-corrected chi connectivity index (χ0v) is 20.7. The van der Waals surface area contributed by atoms with Crippen molar-refractivity contribution < 1.29 is 31.1 Å². The van der Waals surface area contributed by atoms with Gasteiger partial charge >= 0.3 is 0 Å². The Kier molecular flexibility index (Phi) is 8.66. The average molecular weight is 512 g/mol. The Morgan fingerprint density at radius 1 is 0.971 bits per heavy atom. The monoisotopic (exact) mass is 511 g/mol. The second-order valence-electron chi connectivity index (χ2n) is 7.79. The minimum atomic E-state index is -3.65. The molecule has 186 valence electrons. The first-order valence-electron chi connectivity index (χ1n) is 10.7. The lowest BCUT2D eigenvalue weighted by molar-refractivity contribution is -0.123. The number of ether oxygens (including phenoxy) is 2. The van der Waals surface area contributed by atoms with E-state index in [0.29, 0.717) is 37.6 Å². The molecular formula is C22H29N3O7S2. The normalized spacial score (nSPS) is 15.1. The lowest BCUT2D eigenvalue weighted by atomic mass is 10.2. The fraction of sp³-hybridized carbons (Fsp3) is 0.409. The standard InChI is InChI=1S/C22H29N3O7S2/c1-17-3-5-19(6-4-17)33(27,28)24-10-9-23-22(26)16-32-21-8-7-20(15-18(21)2)34(29,30)25-11-13-31-14-12-25/h3-8,15,24H,9-14,16H2,1-2H3,(H,23,26). The van der Waals surface area contributed by atoms with E-state index in [1.165, 1.54) is 34.6 Å². The zero-order valence-electron chi connectivity index (χ0n) is 19.1. The molecule has 0 aliphatic carbocycles. The van der Waals surface area contributed by atoms with Crippen molar-refractivity contribution in [2.75, 3.05) is 46.0 Å². The first-order chi connectivity index (χ1) is 16.1. The third-order valence-electron chi connectivity index (χ3n) is 5.18. The topological polar surface area (TPSA) is 131 Å². The Balaban J connectivity index is 1.46. The molecule has 1 fully saturated rings. The van der Waals surface area contributed by atoms with Crippen molar-refractivity contribution in [2.45, 2.75) is 23.6 Å². The van der Waals surface area contributed by atoms with Gasteiger partial charge < -0.3 is 14.8 Å². The molecule has 1 aliphatic heterocycles. The Labute approximate surface area is 200 Å². The molecular weight excluding hydrogens is 482 g/mol. The second kappa shape index (κ2) is 11.3. The number of morpholine rings is 1. The molecule has 3 rings (SSSR count). The summed E-state index contributed by atoms with van der Waals surface area (Å²) in [5, 5.41) is 2.58. The highest BCUT2D eigenvalue weighted by molar-refractivity contribution is 7.89. The number of amides is 1. The minimum Gasteiger partial charge on any atom is -0.484 e. The molecule has 12 heteroatoms. The van der Waals surface area contributed by atoms with Crippen LogP contribution in [0.3, 0.4) is 0 Å². The Morgan fingerprint density at radius 3 is 2.26 bits per heavy atom. The van der Waals surface area contributed by atoms with Crippen LogP contribution >= 0.6 is 0 Å². The van der Waals surface area contributed by atoms with Crippen molar-refractivity contribution >= 4 is 26.0 Å². The molecule has 2 N–H and O–H groups in total. The van der Waals surface area contributed by atoms with Crippen LogP contribution in [0.4, 0.5) is 0 Å². The average Bonchev–Trinajstić information content (AvgIpc) is 2.82. The SMILES string of the molecule is Cc1ccc(S(=O)(=O)NCCNC(=O)COc2ccc(S(=O)(=O)N3CCOCC3)cc2C)cc1. The van der Waals surface area contributed by atoms with E-state index >= 15 is 0 Å². The number of rotatable bonds is 10. The largest absolute Gasteiger partial charge is 0.484 e. The van der Waals surface area contributed by atoms with E-state index in [1.807, 2.05) is 6.92 Å². The molecule has 0 aromatic heterocycles. The fourth-order valence-corrected chi connectivity index (χ4v) is 5.79. The maximum atomic E-state index is 12.8. The smallest absolute Gasteiger partial charge is 0.257 e. The number of nitrogens with zero attached hydrogens (tertiary/aromatic N) is 1. The molecule has 1 aliphatic rings. The number of hydrogen-bond acceptors (Lipinski definition) is 7. The molecule has 1 heterocycles. The Bertz CT molecular complexity index is 1210. The summed E-state index contributed by atoms with van der Waals surface area (Å²) >= 11 is 0. The van der Waals surface area contributed by atoms with Crippen LogP contribution in [0, 0.1) is 13.8 Å². The molecule has 1 amide bonds. The van der Waals surface area contributed by atoms with Crippen LogP contribution in [0.1, 0.15) is 11.1 Å². The van der Waals surface area contributed by atoms with Gasteiger partial charge in [0, 0.05) is 26.2 Å². The van der Waals surface area contributed by atoms with Gasteiger partial charge in [-0.25, -0.2) is 21.6 Å². The van der Waals surface area contributed by atoms with Crippen molar-refractivity contribution in [1.29, 1.82) is 0 Å². The maximum absolute atomic E-state index is 12.8. The molecule has 0 spiro atoms. The van der Waals surface area contributed by atoms with Crippen LogP contribution in [-0.4, -0.2) is 73.0 Å². The van der Waals surface area contributed by atoms with Gasteiger partial charge in [-0.05, 0) is 49.7 Å². The fourth-order valence-electron chi connectivity index (χ4n) is 3.26. The molecule has 0 radical (unpaired) electrons. The van der Waals surface area contributed by atoms with Gasteiger partial charge in [0.2, 0.25) is 20.0 Å². The molecule has 0 atom stereocenters. The zero-order chi connectivity index (χ0) is 24.8. The van der Waals surface area contributed by atoms with Crippen LogP contribution in [0.5, 0.6) is 5.75 Å². The predicted molar refractivity (Wildman–Crippen MR) is 126 cm³/mol. The molecule has 10 nitrogen and oxygen atoms in total. The van der Waals surface area contributed by atoms with Gasteiger partial charge in [-0.3, -0.25) is 4.79 Å². The van der Waals surface area contributed by atoms with Crippen molar-refractivity contribution in [2.24, 2.45) is 0 Å². The van der Waals surface area contributed by atoms with Gasteiger partial charge in [0.1, 0.15) is 5.75 Å². The van der Waals surface area contributed by atoms with Gasteiger partial charge in [0.25, 0.3) is 5.91 Å². The molecule has 2 aromatic carbocycles. The number of aryl methyl sites for hydroxylation is 2. The third kappa shape index (κ3) is 6.76. The van der Waals surface area contributed by atoms with E-state index in [1.54, 1.807) is 19.1 Å². The lowest BCUT2D eigenvalue weighted by Gasteiger charge is -2.26. The first kappa shape index (κ1) is 26.1. The van der Waals surface area contributed by atoms with Crippen LogP contribution in [0.15, 0.2) is 52.3 Å². The number of nitrogens with one attached hydrogen (secondary N) is 2. The van der Waals surface area contributed by atoms with Gasteiger partial charge in [0.15, 0.2) is 6.61 Å². The molecule has 0 unspecified atom stereocenters. The van der Waals surface area contributed by atoms with E-state index in [2.05, 4.69) is 10.0 Å². The summed E-state index contributed by atoms with van der Waals surface area (Å²) in [4.78, 5) is 12.4. The molecule has 0 saturated carbocycles. The third-order valence-corrected chi connectivity index (χ3v) is 8.56. The summed E-state index contributed by atoms with van der Waals surface area (Å²) < 4.78 is 64.5. The van der Waals surface area contributed by atoms with E-state index in [4.69, 9.17) is 9.47 Å². The molecule has 0 bridgehead atoms. The van der Waals surface area contributed by atoms with Gasteiger partial charge in [-0.15, -0.1) is 0 Å². The highest BCUT2D eigenvalue weighted by Gasteiger charge is 2.26. The molecule has 34 heavy (non-hydrogen) atoms. The highest BCUT2D eigenvalue weighted by Crippen LogP contribution is 2.24. The van der Waals surface area contributed by atoms with Crippen molar-refractivity contribution in [3.05, 3.63) is 53.6 Å². The Hall–Kier alpha value is -2.51. The van der Waals surface area contributed by atoms with E-state index in [9.17, 15) is 21.6 Å². The highest BCUT2D eigenvalue weighted by atomic mass is 32.2. The predicted octanol–water partition coefficient (Wildman–Crippen LogP) is 0.798. The van der Waals surface area contributed by atoms with Crippen molar-refractivity contribution in [1.82, 2.24) is 14.3 Å². The van der Waals surface area contributed by atoms with Gasteiger partial charge in [0.05, 0.1) is 23.0 Å². The minimum absolute atomic E-state index is 0.0229. The van der Waals surface area contributed by atoms with Crippen LogP contribution in [0.2, 0.25) is 0 Å². The summed E-state index contributed by atoms with van der Waals surface area (Å²) in [5.41, 5.74) is 1.53. The summed E-state index contributed by atoms with van der Waals surface area (Å²) in [5.74, 6) is -0.0462. The number of sulfonamides is 2. The lowest BCUT2D eigenvalue weighted by Crippen LogP contribution is -2.40. The van der Waals surface area contributed by atoms with E-state index in [-0.39, 0.29) is 29.5 Å². The summed E-state index contributed by atoms with van der Waals surface area (Å²) in [6.45, 7) is 4.72. The maximum Gasteiger partial charge on any atom is 0.257 e. The first-order valence-corrected chi connectivity index (χ1v) is 13.7. The number of carbonyl (C=O) groups is 1. The van der Waals surface area contributed by atoms with Gasteiger partial charge in [-0.1, -0.05) is 17.7 Å². The van der Waals surface area contributed by atoms with Crippen LogP contribution in [0.25, 0.3) is 0 Å². The van der Waals surface area contributed by atoms with Crippen LogP contribution in [-0.2, 0) is 29.6 Å². The van der Waals surface area contributed by atoms with Crippen LogP contribution < -0.4 is 14.8 Å². The summed E-state index contributed by atoms with van der Waals surface area (Å²) in [6, 6.07) is 10.9. The number of carbonyl (C=O) groups excluding carboxylic acids is 1. The molecule has 1 saturated heterocycles. The Morgan fingerprint density at radius 2 is 1.62 bits per heavy atom. The summed E-state index contributed by atoms with van der Waals surface area (Å²) in [7, 11) is -7.27. The number of benzene rings is 2.